The minimum absolute atomic E-state index is 0.0474. The molecular weight excluding hydrogens is 180 g/mol. The van der Waals surface area contributed by atoms with Crippen LogP contribution < -0.4 is 0 Å². The Hall–Kier alpha value is -0.410. The van der Waals surface area contributed by atoms with Crippen LogP contribution in [-0.4, -0.2) is 29.2 Å². The molecule has 1 fully saturated rings. The van der Waals surface area contributed by atoms with Crippen molar-refractivity contribution in [3.8, 4) is 0 Å². The van der Waals surface area contributed by atoms with E-state index < -0.39 is 5.60 Å². The monoisotopic (exact) mass is 200 g/mol. The third-order valence-corrected chi connectivity index (χ3v) is 2.75. The lowest BCUT2D eigenvalue weighted by molar-refractivity contribution is -0.146. The first-order valence-electron chi connectivity index (χ1n) is 5.42. The van der Waals surface area contributed by atoms with Crippen molar-refractivity contribution < 1.29 is 14.6 Å². The Morgan fingerprint density at radius 2 is 1.93 bits per heavy atom. The fraction of sp³-hybridized carbons (Fsp3) is 0.909. The number of hydrogen-bond acceptors (Lipinski definition) is 3. The average Bonchev–Trinajstić information content (AvgIpc) is 2.15. The second kappa shape index (κ2) is 4.89. The second-order valence-electron chi connectivity index (χ2n) is 4.38. The number of ketones is 1. The summed E-state index contributed by atoms with van der Waals surface area (Å²) >= 11 is 0. The standard InChI is InChI=1S/C11H20O3/c1-9(2)14-8-10(12)11(13)6-4-3-5-7-11/h9,13H,3-8H2,1-2H3. The van der Waals surface area contributed by atoms with Gasteiger partial charge in [-0.25, -0.2) is 0 Å². The molecule has 0 radical (unpaired) electrons. The fourth-order valence-electron chi connectivity index (χ4n) is 1.79. The van der Waals surface area contributed by atoms with E-state index in [1.165, 1.54) is 0 Å². The van der Waals surface area contributed by atoms with Crippen molar-refractivity contribution >= 4 is 5.78 Å². The summed E-state index contributed by atoms with van der Waals surface area (Å²) in [5.74, 6) is -0.147. The minimum atomic E-state index is -1.09. The van der Waals surface area contributed by atoms with E-state index >= 15 is 0 Å². The van der Waals surface area contributed by atoms with Gasteiger partial charge in [0, 0.05) is 0 Å². The Kier molecular flexibility index (Phi) is 4.08. The predicted molar refractivity (Wildman–Crippen MR) is 54.1 cm³/mol. The van der Waals surface area contributed by atoms with Gasteiger partial charge in [0.25, 0.3) is 0 Å². The van der Waals surface area contributed by atoms with Crippen LogP contribution in [0.2, 0.25) is 0 Å². The van der Waals surface area contributed by atoms with Crippen molar-refractivity contribution in [2.75, 3.05) is 6.61 Å². The molecule has 0 unspecified atom stereocenters. The molecule has 0 saturated heterocycles. The normalized spacial score (nSPS) is 21.1. The molecule has 0 heterocycles. The Labute approximate surface area is 85.5 Å². The van der Waals surface area contributed by atoms with Crippen molar-refractivity contribution in [1.82, 2.24) is 0 Å². The molecule has 82 valence electrons. The number of Topliss-reactive ketones (excluding diaryl/α,β-unsaturated/α-hetero) is 1. The molecule has 3 heteroatoms. The molecule has 0 bridgehead atoms. The van der Waals surface area contributed by atoms with Crippen LogP contribution in [0.15, 0.2) is 0 Å². The first-order chi connectivity index (χ1) is 6.54. The average molecular weight is 200 g/mol. The van der Waals surface area contributed by atoms with Crippen LogP contribution >= 0.6 is 0 Å². The SMILES string of the molecule is CC(C)OCC(=O)C1(O)CCCCC1. The summed E-state index contributed by atoms with van der Waals surface area (Å²) in [4.78, 5) is 11.6. The number of hydrogen-bond donors (Lipinski definition) is 1. The Balaban J connectivity index is 2.41. The molecule has 0 aliphatic heterocycles. The lowest BCUT2D eigenvalue weighted by atomic mass is 9.82. The summed E-state index contributed by atoms with van der Waals surface area (Å²) in [6.45, 7) is 3.82. The second-order valence-corrected chi connectivity index (χ2v) is 4.38. The highest BCUT2D eigenvalue weighted by Crippen LogP contribution is 2.28. The minimum Gasteiger partial charge on any atom is -0.382 e. The van der Waals surface area contributed by atoms with Gasteiger partial charge in [-0.1, -0.05) is 19.3 Å². The quantitative estimate of drug-likeness (QED) is 0.751. The molecule has 0 atom stereocenters. The molecule has 1 aliphatic rings. The Morgan fingerprint density at radius 1 is 1.36 bits per heavy atom. The largest absolute Gasteiger partial charge is 0.382 e. The molecule has 0 amide bonds. The topological polar surface area (TPSA) is 46.5 Å². The summed E-state index contributed by atoms with van der Waals surface area (Å²) in [7, 11) is 0. The van der Waals surface area contributed by atoms with Gasteiger partial charge >= 0.3 is 0 Å². The van der Waals surface area contributed by atoms with Gasteiger partial charge in [0.05, 0.1) is 6.10 Å². The maximum Gasteiger partial charge on any atom is 0.189 e. The zero-order chi connectivity index (χ0) is 10.6. The molecule has 0 aromatic carbocycles. The summed E-state index contributed by atoms with van der Waals surface area (Å²) < 4.78 is 5.21. The van der Waals surface area contributed by atoms with Crippen LogP contribution in [0.1, 0.15) is 46.0 Å². The molecule has 1 N–H and O–H groups in total. The third-order valence-electron chi connectivity index (χ3n) is 2.75. The lowest BCUT2D eigenvalue weighted by Gasteiger charge is -2.30. The number of rotatable bonds is 4. The van der Waals surface area contributed by atoms with Gasteiger partial charge in [0.1, 0.15) is 12.2 Å². The van der Waals surface area contributed by atoms with Crippen molar-refractivity contribution in [2.24, 2.45) is 0 Å². The van der Waals surface area contributed by atoms with Gasteiger partial charge in [-0.15, -0.1) is 0 Å². The van der Waals surface area contributed by atoms with Crippen molar-refractivity contribution in [3.05, 3.63) is 0 Å². The maximum absolute atomic E-state index is 11.6. The molecular formula is C11H20O3. The van der Waals surface area contributed by atoms with Gasteiger partial charge in [-0.3, -0.25) is 4.79 Å². The van der Waals surface area contributed by atoms with E-state index in [0.717, 1.165) is 19.3 Å². The zero-order valence-electron chi connectivity index (χ0n) is 9.08. The van der Waals surface area contributed by atoms with Gasteiger partial charge in [-0.2, -0.15) is 0 Å². The Bertz CT molecular complexity index is 193. The smallest absolute Gasteiger partial charge is 0.189 e. The number of carbonyl (C=O) groups is 1. The summed E-state index contributed by atoms with van der Waals surface area (Å²) in [6.07, 6.45) is 4.28. The van der Waals surface area contributed by atoms with Gasteiger partial charge in [-0.05, 0) is 26.7 Å². The summed E-state index contributed by atoms with van der Waals surface area (Å²) in [5, 5.41) is 10.0. The van der Waals surface area contributed by atoms with Gasteiger partial charge < -0.3 is 9.84 Å². The maximum atomic E-state index is 11.6. The molecule has 1 rings (SSSR count). The molecule has 3 nitrogen and oxygen atoms in total. The molecule has 0 aromatic rings. The van der Waals surface area contributed by atoms with Crippen molar-refractivity contribution in [3.63, 3.8) is 0 Å². The number of aliphatic hydroxyl groups is 1. The zero-order valence-corrected chi connectivity index (χ0v) is 9.08. The highest BCUT2D eigenvalue weighted by molar-refractivity contribution is 5.88. The van der Waals surface area contributed by atoms with Crippen LogP contribution in [0.25, 0.3) is 0 Å². The van der Waals surface area contributed by atoms with Crippen molar-refractivity contribution in [2.45, 2.75) is 57.7 Å². The van der Waals surface area contributed by atoms with Crippen LogP contribution in [0, 0.1) is 0 Å². The van der Waals surface area contributed by atoms with E-state index in [2.05, 4.69) is 0 Å². The van der Waals surface area contributed by atoms with E-state index in [4.69, 9.17) is 4.74 Å². The van der Waals surface area contributed by atoms with E-state index in [9.17, 15) is 9.90 Å². The Morgan fingerprint density at radius 3 is 2.43 bits per heavy atom. The van der Waals surface area contributed by atoms with Gasteiger partial charge in [0.15, 0.2) is 5.78 Å². The first kappa shape index (κ1) is 11.7. The highest BCUT2D eigenvalue weighted by atomic mass is 16.5. The van der Waals surface area contributed by atoms with E-state index in [1.54, 1.807) is 0 Å². The van der Waals surface area contributed by atoms with Crippen LogP contribution in [0.5, 0.6) is 0 Å². The number of carbonyl (C=O) groups excluding carboxylic acids is 1. The lowest BCUT2D eigenvalue weighted by Crippen LogP contribution is -2.43. The first-order valence-corrected chi connectivity index (χ1v) is 5.42. The van der Waals surface area contributed by atoms with E-state index in [1.807, 2.05) is 13.8 Å². The van der Waals surface area contributed by atoms with Gasteiger partial charge in [0.2, 0.25) is 0 Å². The van der Waals surface area contributed by atoms with Crippen LogP contribution in [0.3, 0.4) is 0 Å². The van der Waals surface area contributed by atoms with Crippen LogP contribution in [0.4, 0.5) is 0 Å². The van der Waals surface area contributed by atoms with E-state index in [0.29, 0.717) is 12.8 Å². The predicted octanol–water partition coefficient (Wildman–Crippen LogP) is 1.68. The molecule has 1 aliphatic carbocycles. The third kappa shape index (κ3) is 3.07. The number of ether oxygens (including phenoxy) is 1. The summed E-state index contributed by atoms with van der Waals surface area (Å²) in [6, 6.07) is 0. The van der Waals surface area contributed by atoms with Crippen molar-refractivity contribution in [1.29, 1.82) is 0 Å². The summed E-state index contributed by atoms with van der Waals surface area (Å²) in [5.41, 5.74) is -1.09. The molecule has 14 heavy (non-hydrogen) atoms. The molecule has 0 spiro atoms. The van der Waals surface area contributed by atoms with Crippen LogP contribution in [-0.2, 0) is 9.53 Å². The molecule has 1 saturated carbocycles. The molecule has 0 aromatic heterocycles. The van der Waals surface area contributed by atoms with E-state index in [-0.39, 0.29) is 18.5 Å². The fourth-order valence-corrected chi connectivity index (χ4v) is 1.79. The highest BCUT2D eigenvalue weighted by Gasteiger charge is 2.36.